The second-order valence-electron chi connectivity index (χ2n) is 7.25. The van der Waals surface area contributed by atoms with Crippen LogP contribution in [0.5, 0.6) is 0 Å². The maximum atomic E-state index is 13.1. The molecule has 0 radical (unpaired) electrons. The minimum absolute atomic E-state index is 0.0919. The number of likely N-dealkylation sites (tertiary alicyclic amines) is 1. The molecule has 2 N–H and O–H groups in total. The van der Waals surface area contributed by atoms with Crippen molar-refractivity contribution in [1.29, 1.82) is 0 Å². The van der Waals surface area contributed by atoms with Gasteiger partial charge in [0.25, 0.3) is 5.91 Å². The summed E-state index contributed by atoms with van der Waals surface area (Å²) in [5, 5.41) is 5.78. The van der Waals surface area contributed by atoms with E-state index in [4.69, 9.17) is 0 Å². The van der Waals surface area contributed by atoms with Crippen LogP contribution in [0, 0.1) is 0 Å². The van der Waals surface area contributed by atoms with Crippen molar-refractivity contribution in [3.8, 4) is 0 Å². The molecule has 1 saturated carbocycles. The second-order valence-corrected chi connectivity index (χ2v) is 7.25. The standard InChI is InChI=1S/C20H29N3O2/c1-21-18(24)17-9-7-16(8-10-17)15-22-19(25)20(11-3-2-4-12-20)23-13-5-6-14-23/h7-10H,2-6,11-15H2,1H3,(H,21,24)(H,22,25). The lowest BCUT2D eigenvalue weighted by molar-refractivity contribution is -0.135. The Balaban J connectivity index is 1.64. The lowest BCUT2D eigenvalue weighted by Gasteiger charge is -2.43. The highest BCUT2D eigenvalue weighted by Crippen LogP contribution is 2.36. The minimum atomic E-state index is -0.295. The van der Waals surface area contributed by atoms with Crippen LogP contribution in [0.3, 0.4) is 0 Å². The Morgan fingerprint density at radius 3 is 2.24 bits per heavy atom. The van der Waals surface area contributed by atoms with Gasteiger partial charge >= 0.3 is 0 Å². The summed E-state index contributed by atoms with van der Waals surface area (Å²) in [5.41, 5.74) is 1.36. The second kappa shape index (κ2) is 8.00. The zero-order valence-corrected chi connectivity index (χ0v) is 15.1. The predicted octanol–water partition coefficient (Wildman–Crippen LogP) is 2.46. The molecule has 0 atom stereocenters. The van der Waals surface area contributed by atoms with Gasteiger partial charge in [0.15, 0.2) is 0 Å². The van der Waals surface area contributed by atoms with E-state index in [1.54, 1.807) is 19.2 Å². The van der Waals surface area contributed by atoms with E-state index >= 15 is 0 Å². The molecule has 1 aromatic carbocycles. The molecule has 0 aromatic heterocycles. The van der Waals surface area contributed by atoms with Gasteiger partial charge in [-0.15, -0.1) is 0 Å². The molecule has 136 valence electrons. The molecule has 0 spiro atoms. The minimum Gasteiger partial charge on any atom is -0.355 e. The molecule has 5 heteroatoms. The molecule has 1 aliphatic carbocycles. The largest absolute Gasteiger partial charge is 0.355 e. The van der Waals surface area contributed by atoms with Crippen molar-refractivity contribution in [1.82, 2.24) is 15.5 Å². The number of nitrogens with zero attached hydrogens (tertiary/aromatic N) is 1. The Labute approximate surface area is 150 Å². The van der Waals surface area contributed by atoms with Gasteiger partial charge in [-0.1, -0.05) is 31.4 Å². The first-order valence-corrected chi connectivity index (χ1v) is 9.50. The van der Waals surface area contributed by atoms with Gasteiger partial charge in [-0.25, -0.2) is 0 Å². The predicted molar refractivity (Wildman–Crippen MR) is 98.3 cm³/mol. The van der Waals surface area contributed by atoms with Gasteiger partial charge in [0, 0.05) is 19.2 Å². The van der Waals surface area contributed by atoms with Crippen molar-refractivity contribution in [2.75, 3.05) is 20.1 Å². The number of benzene rings is 1. The van der Waals surface area contributed by atoms with Gasteiger partial charge in [-0.3, -0.25) is 14.5 Å². The Morgan fingerprint density at radius 2 is 1.64 bits per heavy atom. The zero-order chi connectivity index (χ0) is 17.7. The van der Waals surface area contributed by atoms with Crippen LogP contribution in [0.4, 0.5) is 0 Å². The first-order chi connectivity index (χ1) is 12.2. The molecule has 0 unspecified atom stereocenters. The highest BCUT2D eigenvalue weighted by molar-refractivity contribution is 5.94. The van der Waals surface area contributed by atoms with Gasteiger partial charge in [-0.2, -0.15) is 0 Å². The molecule has 2 aliphatic rings. The van der Waals surface area contributed by atoms with Crippen molar-refractivity contribution in [2.24, 2.45) is 0 Å². The molecule has 0 bridgehead atoms. The molecule has 25 heavy (non-hydrogen) atoms. The van der Waals surface area contributed by atoms with Crippen LogP contribution in [0.25, 0.3) is 0 Å². The zero-order valence-electron chi connectivity index (χ0n) is 15.1. The number of nitrogens with one attached hydrogen (secondary N) is 2. The molecular weight excluding hydrogens is 314 g/mol. The molecule has 2 fully saturated rings. The maximum Gasteiger partial charge on any atom is 0.251 e. The number of amides is 2. The fourth-order valence-corrected chi connectivity index (χ4v) is 4.23. The van der Waals surface area contributed by atoms with E-state index in [1.807, 2.05) is 12.1 Å². The average Bonchev–Trinajstić information content (AvgIpc) is 3.21. The van der Waals surface area contributed by atoms with Crippen molar-refractivity contribution in [3.63, 3.8) is 0 Å². The summed E-state index contributed by atoms with van der Waals surface area (Å²) in [7, 11) is 1.62. The smallest absolute Gasteiger partial charge is 0.251 e. The first kappa shape index (κ1) is 17.9. The maximum absolute atomic E-state index is 13.1. The van der Waals surface area contributed by atoms with Crippen LogP contribution < -0.4 is 10.6 Å². The van der Waals surface area contributed by atoms with Crippen molar-refractivity contribution >= 4 is 11.8 Å². The third-order valence-corrected chi connectivity index (χ3v) is 5.71. The highest BCUT2D eigenvalue weighted by atomic mass is 16.2. The third-order valence-electron chi connectivity index (χ3n) is 5.71. The van der Waals surface area contributed by atoms with E-state index < -0.39 is 0 Å². The van der Waals surface area contributed by atoms with Crippen LogP contribution in [0.2, 0.25) is 0 Å². The summed E-state index contributed by atoms with van der Waals surface area (Å²) in [5.74, 6) is 0.0928. The Hall–Kier alpha value is -1.88. The van der Waals surface area contributed by atoms with Crippen molar-refractivity contribution in [3.05, 3.63) is 35.4 Å². The van der Waals surface area contributed by atoms with Gasteiger partial charge in [0.2, 0.25) is 5.91 Å². The normalized spacial score (nSPS) is 20.2. The molecule has 2 amide bonds. The lowest BCUT2D eigenvalue weighted by atomic mass is 9.79. The summed E-state index contributed by atoms with van der Waals surface area (Å²) >= 11 is 0. The van der Waals surface area contributed by atoms with Gasteiger partial charge in [0.1, 0.15) is 5.54 Å². The fraction of sp³-hybridized carbons (Fsp3) is 0.600. The molecule has 1 saturated heterocycles. The fourth-order valence-electron chi connectivity index (χ4n) is 4.23. The van der Waals surface area contributed by atoms with E-state index in [-0.39, 0.29) is 17.4 Å². The monoisotopic (exact) mass is 343 g/mol. The quantitative estimate of drug-likeness (QED) is 0.863. The van der Waals surface area contributed by atoms with Gasteiger partial charge in [0.05, 0.1) is 0 Å². The number of rotatable bonds is 5. The van der Waals surface area contributed by atoms with Crippen molar-refractivity contribution in [2.45, 2.75) is 57.0 Å². The Morgan fingerprint density at radius 1 is 1.00 bits per heavy atom. The van der Waals surface area contributed by atoms with Crippen LogP contribution in [0.1, 0.15) is 60.9 Å². The SMILES string of the molecule is CNC(=O)c1ccc(CNC(=O)C2(N3CCCC3)CCCCC2)cc1. The van der Waals surface area contributed by atoms with Crippen LogP contribution in [-0.4, -0.2) is 42.4 Å². The molecule has 1 aliphatic heterocycles. The molecular formula is C20H29N3O2. The molecule has 5 nitrogen and oxygen atoms in total. The van der Waals surface area contributed by atoms with E-state index in [0.29, 0.717) is 12.1 Å². The average molecular weight is 343 g/mol. The van der Waals surface area contributed by atoms with Crippen LogP contribution in [-0.2, 0) is 11.3 Å². The molecule has 1 aromatic rings. The Kier molecular flexibility index (Phi) is 5.74. The third kappa shape index (κ3) is 3.87. The van der Waals surface area contributed by atoms with E-state index in [1.165, 1.54) is 19.3 Å². The molecule has 3 rings (SSSR count). The summed E-state index contributed by atoms with van der Waals surface area (Å²) in [4.78, 5) is 27.1. The summed E-state index contributed by atoms with van der Waals surface area (Å²) in [6.07, 6.45) is 7.90. The van der Waals surface area contributed by atoms with E-state index in [0.717, 1.165) is 44.3 Å². The summed E-state index contributed by atoms with van der Waals surface area (Å²) < 4.78 is 0. The first-order valence-electron chi connectivity index (χ1n) is 9.50. The topological polar surface area (TPSA) is 61.4 Å². The van der Waals surface area contributed by atoms with E-state index in [2.05, 4.69) is 15.5 Å². The Bertz CT molecular complexity index is 600. The number of hydrogen-bond acceptors (Lipinski definition) is 3. The van der Waals surface area contributed by atoms with E-state index in [9.17, 15) is 9.59 Å². The number of carbonyl (C=O) groups excluding carboxylic acids is 2. The van der Waals surface area contributed by atoms with Crippen LogP contribution in [0.15, 0.2) is 24.3 Å². The van der Waals surface area contributed by atoms with Gasteiger partial charge in [-0.05, 0) is 56.5 Å². The highest BCUT2D eigenvalue weighted by Gasteiger charge is 2.45. The number of hydrogen-bond donors (Lipinski definition) is 2. The summed E-state index contributed by atoms with van der Waals surface area (Å²) in [6, 6.07) is 7.43. The number of carbonyl (C=O) groups is 2. The van der Waals surface area contributed by atoms with Crippen LogP contribution >= 0.6 is 0 Å². The molecule has 1 heterocycles. The van der Waals surface area contributed by atoms with Gasteiger partial charge < -0.3 is 10.6 Å². The summed E-state index contributed by atoms with van der Waals surface area (Å²) in [6.45, 7) is 2.62. The lowest BCUT2D eigenvalue weighted by Crippen LogP contribution is -2.58. The van der Waals surface area contributed by atoms with Crippen molar-refractivity contribution < 1.29 is 9.59 Å².